The summed E-state index contributed by atoms with van der Waals surface area (Å²) in [5, 5.41) is 0. The van der Waals surface area contributed by atoms with Gasteiger partial charge < -0.3 is 15.2 Å². The Morgan fingerprint density at radius 3 is 2.81 bits per heavy atom. The first kappa shape index (κ1) is 12.5. The molecule has 0 aliphatic heterocycles. The smallest absolute Gasteiger partial charge is 0.123 e. The maximum Gasteiger partial charge on any atom is 0.123 e. The number of nitrogens with two attached hydrogens (primary N) is 1. The van der Waals surface area contributed by atoms with Gasteiger partial charge in [0.25, 0.3) is 0 Å². The zero-order chi connectivity index (χ0) is 11.8. The van der Waals surface area contributed by atoms with Gasteiger partial charge in [0.2, 0.25) is 0 Å². The number of nitrogens with zero attached hydrogens (tertiary/aromatic N) is 1. The average Bonchev–Trinajstić information content (AvgIpc) is 2.30. The molecule has 0 fully saturated rings. The van der Waals surface area contributed by atoms with Crippen molar-refractivity contribution in [2.75, 3.05) is 26.6 Å². The molecule has 0 aliphatic carbocycles. The van der Waals surface area contributed by atoms with Gasteiger partial charge in [0.1, 0.15) is 5.82 Å². The molecule has 0 saturated heterocycles. The SMILES string of the molecule is COCC(CC#Cc1ccc(N)nc1)OC. The molecule has 0 spiro atoms. The summed E-state index contributed by atoms with van der Waals surface area (Å²) in [4.78, 5) is 3.95. The van der Waals surface area contributed by atoms with Crippen LogP contribution in [0.4, 0.5) is 5.82 Å². The van der Waals surface area contributed by atoms with Gasteiger partial charge in [0, 0.05) is 32.4 Å². The molecule has 1 unspecified atom stereocenters. The maximum atomic E-state index is 5.47. The van der Waals surface area contributed by atoms with E-state index in [4.69, 9.17) is 15.2 Å². The number of hydrogen-bond donors (Lipinski definition) is 1. The molecule has 0 radical (unpaired) electrons. The van der Waals surface area contributed by atoms with E-state index in [9.17, 15) is 0 Å². The molecule has 16 heavy (non-hydrogen) atoms. The minimum absolute atomic E-state index is 0.0132. The fraction of sp³-hybridized carbons (Fsp3) is 0.417. The second kappa shape index (κ2) is 6.83. The summed E-state index contributed by atoms with van der Waals surface area (Å²) in [6.07, 6.45) is 2.30. The summed E-state index contributed by atoms with van der Waals surface area (Å²) in [5.74, 6) is 6.51. The van der Waals surface area contributed by atoms with Crippen LogP contribution < -0.4 is 5.73 Å². The molecule has 0 aliphatic rings. The van der Waals surface area contributed by atoms with E-state index in [0.29, 0.717) is 18.8 Å². The monoisotopic (exact) mass is 220 g/mol. The summed E-state index contributed by atoms with van der Waals surface area (Å²) >= 11 is 0. The molecule has 0 amide bonds. The Morgan fingerprint density at radius 1 is 1.44 bits per heavy atom. The van der Waals surface area contributed by atoms with Gasteiger partial charge in [-0.3, -0.25) is 0 Å². The zero-order valence-corrected chi connectivity index (χ0v) is 9.56. The minimum atomic E-state index is 0.0132. The van der Waals surface area contributed by atoms with Gasteiger partial charge in [0.15, 0.2) is 0 Å². The molecule has 0 saturated carbocycles. The standard InChI is InChI=1S/C12H16N2O2/c1-15-9-11(16-2)5-3-4-10-6-7-12(13)14-8-10/h6-8,11H,5,9H2,1-2H3,(H2,13,14). The third-order valence-corrected chi connectivity index (χ3v) is 2.03. The van der Waals surface area contributed by atoms with E-state index in [1.807, 2.05) is 6.07 Å². The number of rotatable bonds is 4. The molecule has 1 heterocycles. The third-order valence-electron chi connectivity index (χ3n) is 2.03. The predicted octanol–water partition coefficient (Wildman–Crippen LogP) is 1.07. The quantitative estimate of drug-likeness (QED) is 0.771. The highest BCUT2D eigenvalue weighted by atomic mass is 16.5. The van der Waals surface area contributed by atoms with Gasteiger partial charge in [-0.2, -0.15) is 0 Å². The second-order valence-electron chi connectivity index (χ2n) is 3.29. The molecule has 1 aromatic rings. The lowest BCUT2D eigenvalue weighted by Gasteiger charge is -2.09. The molecule has 1 rings (SSSR count). The summed E-state index contributed by atoms with van der Waals surface area (Å²) in [5.41, 5.74) is 6.32. The van der Waals surface area contributed by atoms with E-state index >= 15 is 0 Å². The Morgan fingerprint density at radius 2 is 2.25 bits per heavy atom. The molecule has 0 aromatic carbocycles. The van der Waals surface area contributed by atoms with Crippen molar-refractivity contribution in [3.63, 3.8) is 0 Å². The molecular formula is C12H16N2O2. The van der Waals surface area contributed by atoms with Crippen LogP contribution in [-0.2, 0) is 9.47 Å². The Labute approximate surface area is 95.8 Å². The fourth-order valence-electron chi connectivity index (χ4n) is 1.14. The number of pyridine rings is 1. The van der Waals surface area contributed by atoms with Crippen LogP contribution in [0.25, 0.3) is 0 Å². The highest BCUT2D eigenvalue weighted by Gasteiger charge is 2.03. The van der Waals surface area contributed by atoms with E-state index in [-0.39, 0.29) is 6.10 Å². The third kappa shape index (κ3) is 4.30. The van der Waals surface area contributed by atoms with Crippen molar-refractivity contribution in [2.45, 2.75) is 12.5 Å². The number of nitrogen functional groups attached to an aromatic ring is 1. The Hall–Kier alpha value is -1.57. The van der Waals surface area contributed by atoms with E-state index in [0.717, 1.165) is 5.56 Å². The van der Waals surface area contributed by atoms with Gasteiger partial charge in [-0.15, -0.1) is 0 Å². The molecule has 4 heteroatoms. The Kier molecular flexibility index (Phi) is 5.34. The lowest BCUT2D eigenvalue weighted by Crippen LogP contribution is -2.16. The lowest BCUT2D eigenvalue weighted by atomic mass is 10.2. The molecular weight excluding hydrogens is 204 g/mol. The fourth-order valence-corrected chi connectivity index (χ4v) is 1.14. The van der Waals surface area contributed by atoms with Gasteiger partial charge in [-0.05, 0) is 12.1 Å². The van der Waals surface area contributed by atoms with Crippen molar-refractivity contribution in [3.8, 4) is 11.8 Å². The molecule has 2 N–H and O–H groups in total. The first-order chi connectivity index (χ1) is 7.76. The van der Waals surface area contributed by atoms with Crippen molar-refractivity contribution < 1.29 is 9.47 Å². The van der Waals surface area contributed by atoms with Crippen molar-refractivity contribution in [2.24, 2.45) is 0 Å². The maximum absolute atomic E-state index is 5.47. The van der Waals surface area contributed by atoms with Crippen LogP contribution in [0.15, 0.2) is 18.3 Å². The average molecular weight is 220 g/mol. The zero-order valence-electron chi connectivity index (χ0n) is 9.56. The molecule has 4 nitrogen and oxygen atoms in total. The van der Waals surface area contributed by atoms with Crippen LogP contribution in [0, 0.1) is 11.8 Å². The van der Waals surface area contributed by atoms with Crippen molar-refractivity contribution >= 4 is 5.82 Å². The van der Waals surface area contributed by atoms with E-state index in [1.54, 1.807) is 26.5 Å². The summed E-state index contributed by atoms with van der Waals surface area (Å²) in [6, 6.07) is 3.57. The van der Waals surface area contributed by atoms with Crippen LogP contribution in [0.5, 0.6) is 0 Å². The highest BCUT2D eigenvalue weighted by Crippen LogP contribution is 2.00. The van der Waals surface area contributed by atoms with Crippen LogP contribution in [0.2, 0.25) is 0 Å². The normalized spacial score (nSPS) is 11.6. The minimum Gasteiger partial charge on any atom is -0.384 e. The summed E-state index contributed by atoms with van der Waals surface area (Å²) in [6.45, 7) is 0.547. The highest BCUT2D eigenvalue weighted by molar-refractivity contribution is 5.37. The van der Waals surface area contributed by atoms with Crippen molar-refractivity contribution in [1.29, 1.82) is 0 Å². The predicted molar refractivity (Wildman–Crippen MR) is 62.8 cm³/mol. The largest absolute Gasteiger partial charge is 0.384 e. The van der Waals surface area contributed by atoms with E-state index in [1.165, 1.54) is 0 Å². The van der Waals surface area contributed by atoms with Crippen LogP contribution in [0.3, 0.4) is 0 Å². The molecule has 0 bridgehead atoms. The molecule has 1 aromatic heterocycles. The van der Waals surface area contributed by atoms with Gasteiger partial charge in [-0.25, -0.2) is 4.98 Å². The summed E-state index contributed by atoms with van der Waals surface area (Å²) in [7, 11) is 3.29. The van der Waals surface area contributed by atoms with E-state index in [2.05, 4.69) is 16.8 Å². The first-order valence-corrected chi connectivity index (χ1v) is 4.98. The van der Waals surface area contributed by atoms with Crippen molar-refractivity contribution in [3.05, 3.63) is 23.9 Å². The van der Waals surface area contributed by atoms with E-state index < -0.39 is 0 Å². The molecule has 1 atom stereocenters. The van der Waals surface area contributed by atoms with Crippen molar-refractivity contribution in [1.82, 2.24) is 4.98 Å². The van der Waals surface area contributed by atoms with Crippen LogP contribution in [-0.4, -0.2) is 31.9 Å². The number of ether oxygens (including phenoxy) is 2. The Balaban J connectivity index is 2.50. The lowest BCUT2D eigenvalue weighted by molar-refractivity contribution is 0.0318. The first-order valence-electron chi connectivity index (χ1n) is 4.98. The van der Waals surface area contributed by atoms with Crippen LogP contribution >= 0.6 is 0 Å². The number of hydrogen-bond acceptors (Lipinski definition) is 4. The number of methoxy groups -OCH3 is 2. The van der Waals surface area contributed by atoms with Gasteiger partial charge >= 0.3 is 0 Å². The number of aromatic nitrogens is 1. The number of anilines is 1. The Bertz CT molecular complexity index is 365. The van der Waals surface area contributed by atoms with Gasteiger partial charge in [-0.1, -0.05) is 11.8 Å². The second-order valence-corrected chi connectivity index (χ2v) is 3.29. The summed E-state index contributed by atoms with van der Waals surface area (Å²) < 4.78 is 10.2. The topological polar surface area (TPSA) is 57.4 Å². The van der Waals surface area contributed by atoms with Crippen LogP contribution in [0.1, 0.15) is 12.0 Å². The van der Waals surface area contributed by atoms with Gasteiger partial charge in [0.05, 0.1) is 12.7 Å². The molecule has 86 valence electrons.